The topological polar surface area (TPSA) is 18.5 Å². The lowest BCUT2D eigenvalue weighted by molar-refractivity contribution is -0.137. The molecule has 0 fully saturated rings. The standard InChI is InChI=1S/C13H9BF3O2/c15-13(16,17)10-6-8-12(9-7-10)19-14-18-11-4-2-1-3-5-11/h1-9H. The quantitative estimate of drug-likeness (QED) is 0.785. The molecule has 0 saturated carbocycles. The lowest BCUT2D eigenvalue weighted by Crippen LogP contribution is -2.11. The molecule has 2 aromatic rings. The molecule has 0 aliphatic rings. The lowest BCUT2D eigenvalue weighted by Gasteiger charge is -2.09. The molecular formula is C13H9BF3O2. The zero-order chi connectivity index (χ0) is 13.7. The van der Waals surface area contributed by atoms with Crippen molar-refractivity contribution < 1.29 is 22.5 Å². The van der Waals surface area contributed by atoms with Crippen LogP contribution in [-0.2, 0) is 6.18 Å². The zero-order valence-electron chi connectivity index (χ0n) is 9.72. The highest BCUT2D eigenvalue weighted by Crippen LogP contribution is 2.30. The molecule has 2 aromatic carbocycles. The molecule has 0 N–H and O–H groups in total. The number of rotatable bonds is 4. The van der Waals surface area contributed by atoms with Gasteiger partial charge in [-0.15, -0.1) is 0 Å². The third kappa shape index (κ3) is 3.94. The third-order valence-corrected chi connectivity index (χ3v) is 2.29. The van der Waals surface area contributed by atoms with Crippen LogP contribution in [0.2, 0.25) is 0 Å². The maximum Gasteiger partial charge on any atom is 0.658 e. The first-order valence-electron chi connectivity index (χ1n) is 5.43. The summed E-state index contributed by atoms with van der Waals surface area (Å²) in [5.74, 6) is 0.846. The third-order valence-electron chi connectivity index (χ3n) is 2.29. The fourth-order valence-electron chi connectivity index (χ4n) is 1.36. The van der Waals surface area contributed by atoms with Gasteiger partial charge in [0, 0.05) is 0 Å². The van der Waals surface area contributed by atoms with Crippen molar-refractivity contribution in [3.63, 3.8) is 0 Å². The Kier molecular flexibility index (Phi) is 3.99. The van der Waals surface area contributed by atoms with E-state index >= 15 is 0 Å². The van der Waals surface area contributed by atoms with Crippen molar-refractivity contribution in [1.82, 2.24) is 0 Å². The van der Waals surface area contributed by atoms with Crippen LogP contribution < -0.4 is 9.31 Å². The van der Waals surface area contributed by atoms with E-state index in [0.29, 0.717) is 5.75 Å². The van der Waals surface area contributed by atoms with Crippen LogP contribution >= 0.6 is 0 Å². The van der Waals surface area contributed by atoms with Gasteiger partial charge in [0.2, 0.25) is 0 Å². The second kappa shape index (κ2) is 5.69. The van der Waals surface area contributed by atoms with Crippen LogP contribution in [0.4, 0.5) is 13.2 Å². The van der Waals surface area contributed by atoms with E-state index in [1.165, 1.54) is 12.1 Å². The van der Waals surface area contributed by atoms with Gasteiger partial charge in [-0.2, -0.15) is 13.2 Å². The minimum atomic E-state index is -4.34. The van der Waals surface area contributed by atoms with Crippen LogP contribution in [0, 0.1) is 0 Å². The van der Waals surface area contributed by atoms with Crippen molar-refractivity contribution in [3.05, 3.63) is 60.2 Å². The molecule has 2 nitrogen and oxygen atoms in total. The second-order valence-electron chi connectivity index (χ2n) is 3.67. The van der Waals surface area contributed by atoms with Gasteiger partial charge < -0.3 is 9.31 Å². The summed E-state index contributed by atoms with van der Waals surface area (Å²) in [6.07, 6.45) is -4.34. The average molecular weight is 265 g/mol. The first-order valence-corrected chi connectivity index (χ1v) is 5.43. The van der Waals surface area contributed by atoms with Gasteiger partial charge >= 0.3 is 13.9 Å². The Morgan fingerprint density at radius 3 is 1.79 bits per heavy atom. The Bertz CT molecular complexity index is 512. The highest BCUT2D eigenvalue weighted by Gasteiger charge is 2.29. The van der Waals surface area contributed by atoms with Crippen molar-refractivity contribution in [2.24, 2.45) is 0 Å². The van der Waals surface area contributed by atoms with Crippen LogP contribution in [0.3, 0.4) is 0 Å². The van der Waals surface area contributed by atoms with Gasteiger partial charge in [0.05, 0.1) is 5.56 Å². The smallest absolute Gasteiger partial charge is 0.526 e. The van der Waals surface area contributed by atoms with Gasteiger partial charge in [0.1, 0.15) is 11.5 Å². The molecule has 0 aliphatic heterocycles. The molecular weight excluding hydrogens is 256 g/mol. The highest BCUT2D eigenvalue weighted by molar-refractivity contribution is 6.20. The van der Waals surface area contributed by atoms with E-state index in [1.54, 1.807) is 24.3 Å². The minimum absolute atomic E-state index is 0.268. The second-order valence-corrected chi connectivity index (χ2v) is 3.67. The van der Waals surface area contributed by atoms with E-state index in [9.17, 15) is 13.2 Å². The maximum absolute atomic E-state index is 12.3. The summed E-state index contributed by atoms with van der Waals surface area (Å²) in [6, 6.07) is 13.2. The van der Waals surface area contributed by atoms with E-state index in [4.69, 9.17) is 9.31 Å². The van der Waals surface area contributed by atoms with Crippen molar-refractivity contribution in [1.29, 1.82) is 0 Å². The molecule has 0 bridgehead atoms. The Morgan fingerprint density at radius 1 is 0.737 bits per heavy atom. The molecule has 0 aliphatic carbocycles. The van der Waals surface area contributed by atoms with Gasteiger partial charge in [0.25, 0.3) is 0 Å². The van der Waals surface area contributed by atoms with Gasteiger partial charge in [-0.1, -0.05) is 18.2 Å². The number of hydrogen-bond donors (Lipinski definition) is 0. The van der Waals surface area contributed by atoms with Crippen molar-refractivity contribution >= 4 is 7.69 Å². The summed E-state index contributed by atoms with van der Waals surface area (Å²) in [5.41, 5.74) is -0.719. The molecule has 0 spiro atoms. The summed E-state index contributed by atoms with van der Waals surface area (Å²) in [6.45, 7) is 0. The summed E-state index contributed by atoms with van der Waals surface area (Å²) in [5, 5.41) is 0. The predicted octanol–water partition coefficient (Wildman–Crippen LogP) is 3.70. The van der Waals surface area contributed by atoms with Gasteiger partial charge in [-0.25, -0.2) is 0 Å². The summed E-state index contributed by atoms with van der Waals surface area (Å²) in [4.78, 5) is 0. The fourth-order valence-corrected chi connectivity index (χ4v) is 1.36. The molecule has 0 aromatic heterocycles. The van der Waals surface area contributed by atoms with E-state index < -0.39 is 11.7 Å². The Hall–Kier alpha value is -2.11. The minimum Gasteiger partial charge on any atom is -0.526 e. The summed E-state index contributed by atoms with van der Waals surface area (Å²) >= 11 is 0. The van der Waals surface area contributed by atoms with Gasteiger partial charge in [-0.3, -0.25) is 0 Å². The van der Waals surface area contributed by atoms with E-state index in [0.717, 1.165) is 19.8 Å². The molecule has 2 rings (SSSR count). The number of halogens is 3. The van der Waals surface area contributed by atoms with E-state index in [2.05, 4.69) is 0 Å². The van der Waals surface area contributed by atoms with E-state index in [1.807, 2.05) is 6.07 Å². The number of alkyl halides is 3. The molecule has 0 unspecified atom stereocenters. The van der Waals surface area contributed by atoms with Gasteiger partial charge in [-0.05, 0) is 36.4 Å². The Labute approximate surface area is 109 Å². The average Bonchev–Trinajstić information content (AvgIpc) is 2.39. The van der Waals surface area contributed by atoms with Crippen LogP contribution in [0.1, 0.15) is 5.56 Å². The first kappa shape index (κ1) is 13.3. The number of hydrogen-bond acceptors (Lipinski definition) is 2. The molecule has 0 saturated heterocycles. The molecule has 0 amide bonds. The first-order chi connectivity index (χ1) is 9.05. The molecule has 19 heavy (non-hydrogen) atoms. The largest absolute Gasteiger partial charge is 0.658 e. The van der Waals surface area contributed by atoms with Crippen LogP contribution in [0.15, 0.2) is 54.6 Å². The highest BCUT2D eigenvalue weighted by atomic mass is 19.4. The van der Waals surface area contributed by atoms with Gasteiger partial charge in [0.15, 0.2) is 0 Å². The summed E-state index contributed by atoms with van der Waals surface area (Å²) < 4.78 is 47.2. The zero-order valence-corrected chi connectivity index (χ0v) is 9.72. The number of para-hydroxylation sites is 1. The van der Waals surface area contributed by atoms with Crippen molar-refractivity contribution in [3.8, 4) is 11.5 Å². The Balaban J connectivity index is 1.87. The van der Waals surface area contributed by atoms with Crippen molar-refractivity contribution in [2.75, 3.05) is 0 Å². The normalized spacial score (nSPS) is 10.9. The molecule has 0 atom stereocenters. The van der Waals surface area contributed by atoms with E-state index in [-0.39, 0.29) is 5.75 Å². The summed E-state index contributed by atoms with van der Waals surface area (Å²) in [7, 11) is 1.07. The molecule has 0 heterocycles. The SMILES string of the molecule is FC(F)(F)c1ccc(O[B]Oc2ccccc2)cc1. The Morgan fingerprint density at radius 2 is 1.26 bits per heavy atom. The predicted molar refractivity (Wildman–Crippen MR) is 64.9 cm³/mol. The van der Waals surface area contributed by atoms with Crippen LogP contribution in [-0.4, -0.2) is 7.69 Å². The molecule has 97 valence electrons. The lowest BCUT2D eigenvalue weighted by atomic mass is 10.2. The molecule has 1 radical (unpaired) electrons. The fraction of sp³-hybridized carbons (Fsp3) is 0.0769. The van der Waals surface area contributed by atoms with Crippen molar-refractivity contribution in [2.45, 2.75) is 6.18 Å². The maximum atomic E-state index is 12.3. The van der Waals surface area contributed by atoms with Crippen LogP contribution in [0.5, 0.6) is 11.5 Å². The monoisotopic (exact) mass is 265 g/mol. The van der Waals surface area contributed by atoms with Crippen LogP contribution in [0.25, 0.3) is 0 Å². The number of benzene rings is 2. The molecule has 6 heteroatoms.